The fraction of sp³-hybridized carbons (Fsp3) is 0.421. The predicted molar refractivity (Wildman–Crippen MR) is 110 cm³/mol. The van der Waals surface area contributed by atoms with Crippen molar-refractivity contribution in [2.75, 3.05) is 25.0 Å². The molecule has 3 aromatic rings. The second kappa shape index (κ2) is 7.62. The van der Waals surface area contributed by atoms with Gasteiger partial charge in [0.05, 0.1) is 16.2 Å². The van der Waals surface area contributed by atoms with Gasteiger partial charge in [0.1, 0.15) is 5.69 Å². The average Bonchev–Trinajstić information content (AvgIpc) is 3.05. The lowest BCUT2D eigenvalue weighted by Crippen LogP contribution is -2.42. The van der Waals surface area contributed by atoms with E-state index in [1.54, 1.807) is 12.1 Å². The van der Waals surface area contributed by atoms with Crippen LogP contribution in [-0.2, 0) is 0 Å². The highest BCUT2D eigenvalue weighted by molar-refractivity contribution is 6.36. The topological polar surface area (TPSA) is 58.3 Å². The molecule has 1 aliphatic heterocycles. The molecular weight excluding hydrogens is 383 g/mol. The van der Waals surface area contributed by atoms with Crippen molar-refractivity contribution in [1.29, 1.82) is 0 Å². The molecule has 1 aromatic carbocycles. The number of aromatic nitrogens is 4. The van der Waals surface area contributed by atoms with E-state index in [1.807, 2.05) is 23.6 Å². The van der Waals surface area contributed by atoms with Crippen molar-refractivity contribution in [3.05, 3.63) is 40.0 Å². The predicted octanol–water partition coefficient (Wildman–Crippen LogP) is 4.30. The zero-order chi connectivity index (χ0) is 19.0. The van der Waals surface area contributed by atoms with Gasteiger partial charge in [-0.25, -0.2) is 0 Å². The minimum atomic E-state index is 0.339. The van der Waals surface area contributed by atoms with E-state index >= 15 is 0 Å². The number of aryl methyl sites for hydroxylation is 1. The third-order valence-electron chi connectivity index (χ3n) is 4.99. The summed E-state index contributed by atoms with van der Waals surface area (Å²) in [6.07, 6.45) is 2.30. The van der Waals surface area contributed by atoms with Crippen molar-refractivity contribution in [1.82, 2.24) is 24.7 Å². The first-order valence-corrected chi connectivity index (χ1v) is 9.98. The van der Waals surface area contributed by atoms with E-state index in [1.165, 1.54) is 6.42 Å². The summed E-state index contributed by atoms with van der Waals surface area (Å²) in [5.74, 6) is 0.662. The Morgan fingerprint density at radius 1 is 1.22 bits per heavy atom. The molecule has 1 aliphatic rings. The molecule has 27 heavy (non-hydrogen) atoms. The van der Waals surface area contributed by atoms with Crippen LogP contribution in [-0.4, -0.2) is 50.4 Å². The highest BCUT2D eigenvalue weighted by Gasteiger charge is 2.21. The van der Waals surface area contributed by atoms with Gasteiger partial charge in [-0.15, -0.1) is 10.2 Å². The van der Waals surface area contributed by atoms with Crippen LogP contribution in [0.5, 0.6) is 0 Å². The Bertz CT molecular complexity index is 970. The Balaban J connectivity index is 1.72. The Morgan fingerprint density at radius 3 is 2.85 bits per heavy atom. The van der Waals surface area contributed by atoms with Gasteiger partial charge in [-0.2, -0.15) is 9.61 Å². The smallest absolute Gasteiger partial charge is 0.244 e. The first-order chi connectivity index (χ1) is 13.0. The van der Waals surface area contributed by atoms with E-state index in [-0.39, 0.29) is 0 Å². The number of piperidine rings is 1. The quantitative estimate of drug-likeness (QED) is 0.701. The van der Waals surface area contributed by atoms with Crippen LogP contribution in [0.1, 0.15) is 25.5 Å². The zero-order valence-electron chi connectivity index (χ0n) is 15.4. The van der Waals surface area contributed by atoms with E-state index in [0.29, 0.717) is 27.7 Å². The Labute approximate surface area is 168 Å². The van der Waals surface area contributed by atoms with Crippen LogP contribution in [0.25, 0.3) is 16.8 Å². The number of likely N-dealkylation sites (tertiary alicyclic amines) is 1. The minimum Gasteiger partial charge on any atom is -0.349 e. The summed E-state index contributed by atoms with van der Waals surface area (Å²) in [5, 5.41) is 18.2. The monoisotopic (exact) mass is 404 g/mol. The van der Waals surface area contributed by atoms with Crippen molar-refractivity contribution in [2.24, 2.45) is 0 Å². The first-order valence-electron chi connectivity index (χ1n) is 9.22. The van der Waals surface area contributed by atoms with Crippen LogP contribution < -0.4 is 5.32 Å². The van der Waals surface area contributed by atoms with Gasteiger partial charge in [0, 0.05) is 23.2 Å². The average molecular weight is 405 g/mol. The maximum atomic E-state index is 6.40. The van der Waals surface area contributed by atoms with Crippen LogP contribution in [0, 0.1) is 6.92 Å². The van der Waals surface area contributed by atoms with Crippen molar-refractivity contribution < 1.29 is 0 Å². The van der Waals surface area contributed by atoms with Crippen molar-refractivity contribution in [3.63, 3.8) is 0 Å². The number of likely N-dealkylation sites (N-methyl/N-ethyl adjacent to an activating group) is 1. The maximum absolute atomic E-state index is 6.40. The van der Waals surface area contributed by atoms with E-state index in [0.717, 1.165) is 42.8 Å². The van der Waals surface area contributed by atoms with Gasteiger partial charge in [-0.05, 0) is 57.1 Å². The summed E-state index contributed by atoms with van der Waals surface area (Å²) in [5.41, 5.74) is 3.26. The van der Waals surface area contributed by atoms with Crippen LogP contribution in [0.4, 0.5) is 5.95 Å². The molecule has 0 unspecified atom stereocenters. The number of fused-ring (bicyclic) bond motifs is 1. The molecule has 142 valence electrons. The molecule has 1 saturated heterocycles. The second-order valence-corrected chi connectivity index (χ2v) is 7.80. The lowest BCUT2D eigenvalue weighted by molar-refractivity contribution is 0.226. The molecule has 0 bridgehead atoms. The van der Waals surface area contributed by atoms with Gasteiger partial charge in [0.15, 0.2) is 0 Å². The lowest BCUT2D eigenvalue weighted by atomic mass is 10.1. The van der Waals surface area contributed by atoms with Crippen molar-refractivity contribution >= 4 is 34.7 Å². The second-order valence-electron chi connectivity index (χ2n) is 6.96. The molecule has 4 rings (SSSR count). The van der Waals surface area contributed by atoms with E-state index in [4.69, 9.17) is 23.2 Å². The van der Waals surface area contributed by atoms with E-state index < -0.39 is 0 Å². The number of rotatable bonds is 4. The fourth-order valence-corrected chi connectivity index (χ4v) is 4.13. The van der Waals surface area contributed by atoms with Crippen molar-refractivity contribution in [2.45, 2.75) is 32.7 Å². The largest absolute Gasteiger partial charge is 0.349 e. The molecule has 0 aliphatic carbocycles. The van der Waals surface area contributed by atoms with Crippen LogP contribution >= 0.6 is 23.2 Å². The number of hydrogen-bond acceptors (Lipinski definition) is 5. The van der Waals surface area contributed by atoms with Crippen LogP contribution in [0.2, 0.25) is 10.0 Å². The normalized spacial score (nSPS) is 18.1. The van der Waals surface area contributed by atoms with Gasteiger partial charge in [-0.1, -0.05) is 30.1 Å². The molecule has 1 fully saturated rings. The number of halogens is 2. The highest BCUT2D eigenvalue weighted by Crippen LogP contribution is 2.32. The van der Waals surface area contributed by atoms with E-state index in [2.05, 4.69) is 32.4 Å². The van der Waals surface area contributed by atoms with Crippen LogP contribution in [0.15, 0.2) is 24.3 Å². The molecule has 8 heteroatoms. The summed E-state index contributed by atoms with van der Waals surface area (Å²) in [6, 6.07) is 7.72. The lowest BCUT2D eigenvalue weighted by Gasteiger charge is -2.32. The molecule has 1 atom stereocenters. The minimum absolute atomic E-state index is 0.339. The Kier molecular flexibility index (Phi) is 5.21. The zero-order valence-corrected chi connectivity index (χ0v) is 16.9. The van der Waals surface area contributed by atoms with Crippen molar-refractivity contribution in [3.8, 4) is 11.3 Å². The third kappa shape index (κ3) is 3.74. The SMILES string of the molecule is CCN1CCC[C@@H](Nc2nnc(-c3ccc(Cl)cc3Cl)c3cc(C)nn23)C1. The molecule has 0 spiro atoms. The molecule has 2 aromatic heterocycles. The maximum Gasteiger partial charge on any atom is 0.244 e. The van der Waals surface area contributed by atoms with Crippen LogP contribution in [0.3, 0.4) is 0 Å². The first kappa shape index (κ1) is 18.5. The summed E-state index contributed by atoms with van der Waals surface area (Å²) in [6.45, 7) is 7.38. The Morgan fingerprint density at radius 2 is 2.07 bits per heavy atom. The van der Waals surface area contributed by atoms with Gasteiger partial charge in [0.2, 0.25) is 5.95 Å². The summed E-state index contributed by atoms with van der Waals surface area (Å²) in [4.78, 5) is 2.45. The van der Waals surface area contributed by atoms with Gasteiger partial charge < -0.3 is 10.2 Å². The van der Waals surface area contributed by atoms with E-state index in [9.17, 15) is 0 Å². The molecule has 0 radical (unpaired) electrons. The number of nitrogens with one attached hydrogen (secondary N) is 1. The Hall–Kier alpha value is -1.89. The molecular formula is C19H22Cl2N6. The number of nitrogens with zero attached hydrogens (tertiary/aromatic N) is 5. The van der Waals surface area contributed by atoms with Gasteiger partial charge in [-0.3, -0.25) is 0 Å². The number of anilines is 1. The molecule has 0 saturated carbocycles. The van der Waals surface area contributed by atoms with Gasteiger partial charge >= 0.3 is 0 Å². The summed E-state index contributed by atoms with van der Waals surface area (Å²) < 4.78 is 1.83. The highest BCUT2D eigenvalue weighted by atomic mass is 35.5. The summed E-state index contributed by atoms with van der Waals surface area (Å²) in [7, 11) is 0. The molecule has 6 nitrogen and oxygen atoms in total. The summed E-state index contributed by atoms with van der Waals surface area (Å²) >= 11 is 12.4. The molecule has 1 N–H and O–H groups in total. The molecule has 0 amide bonds. The standard InChI is InChI=1S/C19H22Cl2N6/c1-3-26-8-4-5-14(11-26)22-19-24-23-18(17-9-12(2)25-27(17)19)15-7-6-13(20)10-16(15)21/h6-7,9-10,14H,3-5,8,11H2,1-2H3,(H,22,24)/t14-/m1/s1. The molecule has 3 heterocycles. The number of hydrogen-bond donors (Lipinski definition) is 1. The fourth-order valence-electron chi connectivity index (χ4n) is 3.63. The number of benzene rings is 1. The van der Waals surface area contributed by atoms with Gasteiger partial charge in [0.25, 0.3) is 0 Å². The third-order valence-corrected chi connectivity index (χ3v) is 5.54.